The molecule has 1 saturated carbocycles. The molecule has 6 heteroatoms. The van der Waals surface area contributed by atoms with Crippen molar-refractivity contribution in [1.29, 1.82) is 5.41 Å². The number of rotatable bonds is 2. The maximum Gasteiger partial charge on any atom is 0.286 e. The average molecular weight is 288 g/mol. The summed E-state index contributed by atoms with van der Waals surface area (Å²) in [4.78, 5) is 12.2. The molecule has 112 valence electrons. The summed E-state index contributed by atoms with van der Waals surface area (Å²) in [5.41, 5.74) is 2.96. The summed E-state index contributed by atoms with van der Waals surface area (Å²) in [6.45, 7) is 0. The Kier molecular flexibility index (Phi) is 3.77. The van der Waals surface area contributed by atoms with E-state index in [-0.39, 0.29) is 11.8 Å². The Morgan fingerprint density at radius 2 is 2.14 bits per heavy atom. The Bertz CT molecular complexity index is 603. The van der Waals surface area contributed by atoms with Crippen LogP contribution in [0.4, 0.5) is 0 Å². The molecule has 1 aromatic rings. The van der Waals surface area contributed by atoms with E-state index in [0.717, 1.165) is 43.4 Å². The highest BCUT2D eigenvalue weighted by Gasteiger charge is 2.26. The molecule has 6 nitrogen and oxygen atoms in total. The first kappa shape index (κ1) is 13.9. The van der Waals surface area contributed by atoms with E-state index < -0.39 is 5.91 Å². The standard InChI is InChI=1S/C15H20N4O2/c16-11-5-2-1-4-9(11)14(20)15(21)18-12-6-3-7-13-10(12)8-17-19-13/h8,12,16,20H,1-7H2,(H,17,19)(H,18,21)/b14-9-,16-11?/t12-/m1/s1. The molecule has 0 saturated heterocycles. The fourth-order valence-electron chi connectivity index (χ4n) is 3.14. The van der Waals surface area contributed by atoms with Gasteiger partial charge in [0.1, 0.15) is 0 Å². The van der Waals surface area contributed by atoms with E-state index in [1.165, 1.54) is 0 Å². The molecule has 21 heavy (non-hydrogen) atoms. The number of aromatic amines is 1. The lowest BCUT2D eigenvalue weighted by Crippen LogP contribution is -2.33. The number of H-pyrrole nitrogens is 1. The second-order valence-corrected chi connectivity index (χ2v) is 5.73. The van der Waals surface area contributed by atoms with E-state index in [2.05, 4.69) is 15.5 Å². The fraction of sp³-hybridized carbons (Fsp3) is 0.533. The van der Waals surface area contributed by atoms with Crippen LogP contribution in [0.15, 0.2) is 17.5 Å². The van der Waals surface area contributed by atoms with E-state index in [4.69, 9.17) is 5.41 Å². The second kappa shape index (κ2) is 5.71. The number of allylic oxidation sites excluding steroid dienone is 1. The smallest absolute Gasteiger partial charge is 0.286 e. The molecule has 1 heterocycles. The van der Waals surface area contributed by atoms with Crippen molar-refractivity contribution in [2.45, 2.75) is 51.0 Å². The number of aromatic nitrogens is 2. The molecule has 1 aromatic heterocycles. The number of carbonyl (C=O) groups excluding carboxylic acids is 1. The number of aliphatic hydroxyl groups excluding tert-OH is 1. The highest BCUT2D eigenvalue weighted by molar-refractivity contribution is 6.05. The molecular weight excluding hydrogens is 268 g/mol. The zero-order chi connectivity index (χ0) is 14.8. The first-order chi connectivity index (χ1) is 10.2. The van der Waals surface area contributed by atoms with Crippen LogP contribution in [0.1, 0.15) is 55.8 Å². The second-order valence-electron chi connectivity index (χ2n) is 5.73. The number of hydrogen-bond donors (Lipinski definition) is 4. The number of carbonyl (C=O) groups is 1. The van der Waals surface area contributed by atoms with Gasteiger partial charge < -0.3 is 15.8 Å². The van der Waals surface area contributed by atoms with Gasteiger partial charge in [0.25, 0.3) is 5.91 Å². The SMILES string of the molecule is N=C1CCCC/C1=C(/O)C(=O)N[C@@H]1CCCc2[nH]ncc21. The molecule has 3 rings (SSSR count). The topological polar surface area (TPSA) is 102 Å². The first-order valence-corrected chi connectivity index (χ1v) is 7.49. The lowest BCUT2D eigenvalue weighted by molar-refractivity contribution is -0.120. The Labute approximate surface area is 123 Å². The number of amides is 1. The molecule has 1 amide bonds. The number of nitrogens with zero attached hydrogens (tertiary/aromatic N) is 1. The van der Waals surface area contributed by atoms with Crippen LogP contribution in [0.25, 0.3) is 0 Å². The number of hydrogen-bond acceptors (Lipinski definition) is 4. The zero-order valence-corrected chi connectivity index (χ0v) is 11.9. The molecular formula is C15H20N4O2. The Morgan fingerprint density at radius 1 is 1.33 bits per heavy atom. The van der Waals surface area contributed by atoms with Gasteiger partial charge in [-0.15, -0.1) is 0 Å². The summed E-state index contributed by atoms with van der Waals surface area (Å²) < 4.78 is 0. The number of fused-ring (bicyclic) bond motifs is 1. The maximum absolute atomic E-state index is 12.2. The van der Waals surface area contributed by atoms with Crippen LogP contribution in [0, 0.1) is 5.41 Å². The van der Waals surface area contributed by atoms with E-state index in [0.29, 0.717) is 24.1 Å². The molecule has 2 aliphatic carbocycles. The number of aliphatic hydroxyl groups is 1. The van der Waals surface area contributed by atoms with E-state index in [1.54, 1.807) is 6.20 Å². The Hall–Kier alpha value is -2.11. The summed E-state index contributed by atoms with van der Waals surface area (Å²) in [6, 6.07) is -0.111. The van der Waals surface area contributed by atoms with E-state index in [9.17, 15) is 9.90 Å². The molecule has 0 unspecified atom stereocenters. The highest BCUT2D eigenvalue weighted by Crippen LogP contribution is 2.29. The third-order valence-corrected chi connectivity index (χ3v) is 4.32. The zero-order valence-electron chi connectivity index (χ0n) is 11.9. The van der Waals surface area contributed by atoms with Crippen molar-refractivity contribution < 1.29 is 9.90 Å². The number of aryl methyl sites for hydroxylation is 1. The van der Waals surface area contributed by atoms with Gasteiger partial charge in [0.15, 0.2) is 5.76 Å². The van der Waals surface area contributed by atoms with Gasteiger partial charge in [-0.25, -0.2) is 0 Å². The third-order valence-electron chi connectivity index (χ3n) is 4.32. The molecule has 0 spiro atoms. The minimum absolute atomic E-state index is 0.111. The van der Waals surface area contributed by atoms with Crippen LogP contribution < -0.4 is 5.32 Å². The maximum atomic E-state index is 12.2. The Balaban J connectivity index is 1.75. The summed E-state index contributed by atoms with van der Waals surface area (Å²) >= 11 is 0. The van der Waals surface area contributed by atoms with Gasteiger partial charge in [0, 0.05) is 22.5 Å². The van der Waals surface area contributed by atoms with Gasteiger partial charge in [-0.05, 0) is 44.9 Å². The number of nitrogens with one attached hydrogen (secondary N) is 3. The molecule has 0 aromatic carbocycles. The van der Waals surface area contributed by atoms with Crippen LogP contribution in [0.5, 0.6) is 0 Å². The molecule has 0 bridgehead atoms. The molecule has 4 N–H and O–H groups in total. The molecule has 2 aliphatic rings. The fourth-order valence-corrected chi connectivity index (χ4v) is 3.14. The summed E-state index contributed by atoms with van der Waals surface area (Å²) in [7, 11) is 0. The first-order valence-electron chi connectivity index (χ1n) is 7.49. The minimum atomic E-state index is -0.476. The molecule has 1 atom stereocenters. The van der Waals surface area contributed by atoms with Crippen molar-refractivity contribution in [1.82, 2.24) is 15.5 Å². The van der Waals surface area contributed by atoms with Crippen molar-refractivity contribution in [3.8, 4) is 0 Å². The predicted octanol–water partition coefficient (Wildman–Crippen LogP) is 2.31. The predicted molar refractivity (Wildman–Crippen MR) is 78.3 cm³/mol. The minimum Gasteiger partial charge on any atom is -0.503 e. The van der Waals surface area contributed by atoms with Crippen LogP contribution in [0.3, 0.4) is 0 Å². The molecule has 1 fully saturated rings. The molecule has 0 radical (unpaired) electrons. The Morgan fingerprint density at radius 3 is 2.95 bits per heavy atom. The summed E-state index contributed by atoms with van der Waals surface area (Å²) in [5, 5.41) is 27.9. The largest absolute Gasteiger partial charge is 0.503 e. The third kappa shape index (κ3) is 2.70. The lowest BCUT2D eigenvalue weighted by Gasteiger charge is -2.23. The van der Waals surface area contributed by atoms with Gasteiger partial charge in [-0.3, -0.25) is 9.89 Å². The summed E-state index contributed by atoms with van der Waals surface area (Å²) in [5.74, 6) is -0.758. The van der Waals surface area contributed by atoms with Crippen LogP contribution in [0.2, 0.25) is 0 Å². The van der Waals surface area contributed by atoms with Gasteiger partial charge in [0.05, 0.1) is 12.2 Å². The monoisotopic (exact) mass is 288 g/mol. The lowest BCUT2D eigenvalue weighted by atomic mass is 9.91. The quantitative estimate of drug-likeness (QED) is 0.496. The van der Waals surface area contributed by atoms with Crippen molar-refractivity contribution in [2.75, 3.05) is 0 Å². The van der Waals surface area contributed by atoms with Crippen LogP contribution >= 0.6 is 0 Å². The summed E-state index contributed by atoms with van der Waals surface area (Å²) in [6.07, 6.45) is 7.64. The average Bonchev–Trinajstić information content (AvgIpc) is 2.96. The van der Waals surface area contributed by atoms with Gasteiger partial charge in [0.2, 0.25) is 0 Å². The van der Waals surface area contributed by atoms with Crippen LogP contribution in [-0.4, -0.2) is 26.9 Å². The van der Waals surface area contributed by atoms with E-state index in [1.807, 2.05) is 0 Å². The van der Waals surface area contributed by atoms with Crippen molar-refractivity contribution in [3.63, 3.8) is 0 Å². The van der Waals surface area contributed by atoms with Gasteiger partial charge >= 0.3 is 0 Å². The van der Waals surface area contributed by atoms with Crippen molar-refractivity contribution in [2.24, 2.45) is 0 Å². The van der Waals surface area contributed by atoms with Crippen molar-refractivity contribution in [3.05, 3.63) is 28.8 Å². The van der Waals surface area contributed by atoms with Gasteiger partial charge in [-0.1, -0.05) is 0 Å². The molecule has 0 aliphatic heterocycles. The van der Waals surface area contributed by atoms with Gasteiger partial charge in [-0.2, -0.15) is 5.10 Å². The normalized spacial score (nSPS) is 24.4. The van der Waals surface area contributed by atoms with E-state index >= 15 is 0 Å². The highest BCUT2D eigenvalue weighted by atomic mass is 16.3. The van der Waals surface area contributed by atoms with Crippen molar-refractivity contribution >= 4 is 11.6 Å². The van der Waals surface area contributed by atoms with Crippen LogP contribution in [-0.2, 0) is 11.2 Å².